The summed E-state index contributed by atoms with van der Waals surface area (Å²) in [7, 11) is 0. The van der Waals surface area contributed by atoms with Gasteiger partial charge in [-0.1, -0.05) is 0 Å². The molecule has 1 heterocycles. The normalized spacial score (nSPS) is 11.3. The molecule has 0 aliphatic heterocycles. The fourth-order valence-corrected chi connectivity index (χ4v) is 2.08. The van der Waals surface area contributed by atoms with E-state index in [2.05, 4.69) is 9.55 Å². The molecule has 1 aromatic heterocycles. The van der Waals surface area contributed by atoms with E-state index in [1.54, 1.807) is 18.5 Å². The minimum Gasteiger partial charge on any atom is -0.478 e. The van der Waals surface area contributed by atoms with Crippen molar-refractivity contribution >= 4 is 17.0 Å². The predicted molar refractivity (Wildman–Crippen MR) is 77.0 cm³/mol. The number of carboxylic acids is 1. The molecule has 0 bridgehead atoms. The van der Waals surface area contributed by atoms with Gasteiger partial charge in [0.15, 0.2) is 0 Å². The molecule has 0 aliphatic carbocycles. The molecular formula is C15H20N2O3. The topological polar surface area (TPSA) is 64.4 Å². The molecule has 1 N–H and O–H groups in total. The lowest BCUT2D eigenvalue weighted by Crippen LogP contribution is -2.05. The summed E-state index contributed by atoms with van der Waals surface area (Å²) in [6.07, 6.45) is 4.06. The second kappa shape index (κ2) is 6.52. The number of benzene rings is 1. The van der Waals surface area contributed by atoms with Gasteiger partial charge in [0.05, 0.1) is 29.0 Å². The van der Waals surface area contributed by atoms with Crippen LogP contribution in [0.3, 0.4) is 0 Å². The maximum Gasteiger partial charge on any atom is 0.335 e. The van der Waals surface area contributed by atoms with Gasteiger partial charge in [0.25, 0.3) is 0 Å². The number of fused-ring (bicyclic) bond motifs is 1. The molecule has 0 spiro atoms. The first-order valence-corrected chi connectivity index (χ1v) is 6.87. The van der Waals surface area contributed by atoms with Gasteiger partial charge in [-0.2, -0.15) is 0 Å². The van der Waals surface area contributed by atoms with Crippen molar-refractivity contribution in [1.29, 1.82) is 0 Å². The fraction of sp³-hybridized carbons (Fsp3) is 0.467. The second-order valence-corrected chi connectivity index (χ2v) is 5.07. The molecule has 5 heteroatoms. The minimum absolute atomic E-state index is 0.271. The highest BCUT2D eigenvalue weighted by atomic mass is 16.5. The smallest absolute Gasteiger partial charge is 0.335 e. The van der Waals surface area contributed by atoms with E-state index in [-0.39, 0.29) is 11.7 Å². The number of nitrogens with zero attached hydrogens (tertiary/aromatic N) is 2. The summed E-state index contributed by atoms with van der Waals surface area (Å²) in [5, 5.41) is 8.95. The van der Waals surface area contributed by atoms with Crippen LogP contribution in [-0.2, 0) is 11.3 Å². The van der Waals surface area contributed by atoms with E-state index in [1.165, 1.54) is 0 Å². The molecule has 108 valence electrons. The molecule has 1 aromatic carbocycles. The Kier molecular flexibility index (Phi) is 4.74. The van der Waals surface area contributed by atoms with Gasteiger partial charge in [0.2, 0.25) is 0 Å². The van der Waals surface area contributed by atoms with Crippen LogP contribution in [-0.4, -0.2) is 33.3 Å². The Labute approximate surface area is 118 Å². The van der Waals surface area contributed by atoms with Gasteiger partial charge >= 0.3 is 5.97 Å². The van der Waals surface area contributed by atoms with Crippen LogP contribution in [0.4, 0.5) is 0 Å². The van der Waals surface area contributed by atoms with Crippen LogP contribution < -0.4 is 0 Å². The Morgan fingerprint density at radius 3 is 2.90 bits per heavy atom. The van der Waals surface area contributed by atoms with Gasteiger partial charge in [-0.05, 0) is 44.9 Å². The van der Waals surface area contributed by atoms with Crippen molar-refractivity contribution in [1.82, 2.24) is 9.55 Å². The average Bonchev–Trinajstić information content (AvgIpc) is 2.80. The van der Waals surface area contributed by atoms with E-state index in [0.717, 1.165) is 37.0 Å². The standard InChI is InChI=1S/C15H20N2O3/c1-11(2)20-8-4-3-7-17-10-16-13-9-12(15(18)19)5-6-14(13)17/h5-6,9-11H,3-4,7-8H2,1-2H3,(H,18,19). The van der Waals surface area contributed by atoms with Gasteiger partial charge in [-0.25, -0.2) is 9.78 Å². The van der Waals surface area contributed by atoms with Crippen LogP contribution in [0.25, 0.3) is 11.0 Å². The highest BCUT2D eigenvalue weighted by Gasteiger charge is 2.07. The van der Waals surface area contributed by atoms with Crippen molar-refractivity contribution in [3.8, 4) is 0 Å². The molecular weight excluding hydrogens is 256 g/mol. The summed E-state index contributed by atoms with van der Waals surface area (Å²) in [6, 6.07) is 5.04. The Balaban J connectivity index is 1.96. The lowest BCUT2D eigenvalue weighted by atomic mass is 10.2. The lowest BCUT2D eigenvalue weighted by molar-refractivity contribution is 0.0696. The van der Waals surface area contributed by atoms with Crippen molar-refractivity contribution in [3.05, 3.63) is 30.1 Å². The van der Waals surface area contributed by atoms with Crippen molar-refractivity contribution in [3.63, 3.8) is 0 Å². The monoisotopic (exact) mass is 276 g/mol. The summed E-state index contributed by atoms with van der Waals surface area (Å²) in [5.74, 6) is -0.924. The van der Waals surface area contributed by atoms with Crippen LogP contribution in [0, 0.1) is 0 Å². The van der Waals surface area contributed by atoms with E-state index in [9.17, 15) is 4.79 Å². The number of aromatic nitrogens is 2. The third kappa shape index (κ3) is 3.57. The number of aromatic carboxylic acids is 1. The number of rotatable bonds is 7. The van der Waals surface area contributed by atoms with Crippen molar-refractivity contribution < 1.29 is 14.6 Å². The SMILES string of the molecule is CC(C)OCCCCn1cnc2cc(C(=O)O)ccc21. The van der Waals surface area contributed by atoms with Gasteiger partial charge in [0.1, 0.15) is 0 Å². The largest absolute Gasteiger partial charge is 0.478 e. The van der Waals surface area contributed by atoms with E-state index < -0.39 is 5.97 Å². The molecule has 0 unspecified atom stereocenters. The molecule has 5 nitrogen and oxygen atoms in total. The molecule has 20 heavy (non-hydrogen) atoms. The zero-order valence-corrected chi connectivity index (χ0v) is 11.9. The summed E-state index contributed by atoms with van der Waals surface area (Å²) >= 11 is 0. The summed E-state index contributed by atoms with van der Waals surface area (Å²) in [5.41, 5.74) is 1.97. The highest BCUT2D eigenvalue weighted by molar-refractivity contribution is 5.92. The first-order chi connectivity index (χ1) is 9.58. The third-order valence-corrected chi connectivity index (χ3v) is 3.11. The highest BCUT2D eigenvalue weighted by Crippen LogP contribution is 2.15. The minimum atomic E-state index is -0.924. The van der Waals surface area contributed by atoms with Crippen LogP contribution in [0.15, 0.2) is 24.5 Å². The quantitative estimate of drug-likeness (QED) is 0.790. The van der Waals surface area contributed by atoms with Crippen molar-refractivity contribution in [2.45, 2.75) is 39.3 Å². The van der Waals surface area contributed by atoms with Crippen molar-refractivity contribution in [2.24, 2.45) is 0 Å². The number of carbonyl (C=O) groups is 1. The Morgan fingerprint density at radius 1 is 1.40 bits per heavy atom. The van der Waals surface area contributed by atoms with E-state index in [4.69, 9.17) is 9.84 Å². The number of ether oxygens (including phenoxy) is 1. The molecule has 2 aromatic rings. The third-order valence-electron chi connectivity index (χ3n) is 3.11. The zero-order valence-electron chi connectivity index (χ0n) is 11.9. The summed E-state index contributed by atoms with van der Waals surface area (Å²) in [6.45, 7) is 5.70. The molecule has 0 saturated carbocycles. The van der Waals surface area contributed by atoms with Crippen LogP contribution in [0.2, 0.25) is 0 Å². The summed E-state index contributed by atoms with van der Waals surface area (Å²) < 4.78 is 7.55. The number of carboxylic acid groups (broad SMARTS) is 1. The second-order valence-electron chi connectivity index (χ2n) is 5.07. The molecule has 0 amide bonds. The van der Waals surface area contributed by atoms with Gasteiger partial charge in [-0.15, -0.1) is 0 Å². The van der Waals surface area contributed by atoms with Gasteiger partial charge < -0.3 is 14.4 Å². The zero-order chi connectivity index (χ0) is 14.5. The maximum absolute atomic E-state index is 10.9. The molecule has 0 saturated heterocycles. The number of hydrogen-bond acceptors (Lipinski definition) is 3. The van der Waals surface area contributed by atoms with Crippen molar-refractivity contribution in [2.75, 3.05) is 6.61 Å². The van der Waals surface area contributed by atoms with Crippen LogP contribution >= 0.6 is 0 Å². The first-order valence-electron chi connectivity index (χ1n) is 6.87. The number of unbranched alkanes of at least 4 members (excludes halogenated alkanes) is 1. The summed E-state index contributed by atoms with van der Waals surface area (Å²) in [4.78, 5) is 15.2. The molecule has 0 aliphatic rings. The van der Waals surface area contributed by atoms with Crippen LogP contribution in [0.1, 0.15) is 37.0 Å². The first kappa shape index (κ1) is 14.5. The number of hydrogen-bond donors (Lipinski definition) is 1. The lowest BCUT2D eigenvalue weighted by Gasteiger charge is -2.08. The average molecular weight is 276 g/mol. The van der Waals surface area contributed by atoms with Crippen LogP contribution in [0.5, 0.6) is 0 Å². The Morgan fingerprint density at radius 2 is 2.20 bits per heavy atom. The predicted octanol–water partition coefficient (Wildman–Crippen LogP) is 2.94. The van der Waals surface area contributed by atoms with Gasteiger partial charge in [-0.3, -0.25) is 0 Å². The van der Waals surface area contributed by atoms with E-state index >= 15 is 0 Å². The molecule has 0 atom stereocenters. The molecule has 2 rings (SSSR count). The number of imidazole rings is 1. The Bertz CT molecular complexity index is 590. The van der Waals surface area contributed by atoms with E-state index in [1.807, 2.05) is 19.9 Å². The molecule has 0 fully saturated rings. The molecule has 0 radical (unpaired) electrons. The fourth-order valence-electron chi connectivity index (χ4n) is 2.08. The van der Waals surface area contributed by atoms with Gasteiger partial charge in [0, 0.05) is 13.2 Å². The Hall–Kier alpha value is -1.88. The number of aryl methyl sites for hydroxylation is 1. The van der Waals surface area contributed by atoms with E-state index in [0.29, 0.717) is 0 Å². The maximum atomic E-state index is 10.9.